The maximum absolute atomic E-state index is 5.22. The lowest BCUT2D eigenvalue weighted by molar-refractivity contribution is 0.146. The molecule has 0 aromatic carbocycles. The van der Waals surface area contributed by atoms with Gasteiger partial charge in [-0.15, -0.1) is 0 Å². The Morgan fingerprint density at radius 3 is 3.12 bits per heavy atom. The van der Waals surface area contributed by atoms with E-state index in [-0.39, 0.29) is 0 Å². The van der Waals surface area contributed by atoms with Crippen molar-refractivity contribution in [1.29, 1.82) is 0 Å². The van der Waals surface area contributed by atoms with Gasteiger partial charge in [0.1, 0.15) is 0 Å². The van der Waals surface area contributed by atoms with Crippen LogP contribution in [0.2, 0.25) is 0 Å². The first-order valence-electron chi connectivity index (χ1n) is 5.35. The first-order chi connectivity index (χ1) is 7.83. The second-order valence-corrected chi connectivity index (χ2v) is 3.58. The van der Waals surface area contributed by atoms with Crippen LogP contribution in [0.1, 0.15) is 13.3 Å². The van der Waals surface area contributed by atoms with E-state index >= 15 is 0 Å². The molecule has 1 aromatic heterocycles. The number of thiocarbonyl (C=S) groups is 1. The molecule has 0 spiro atoms. The highest BCUT2D eigenvalue weighted by Gasteiger charge is 1.96. The topological polar surface area (TPSA) is 46.2 Å². The lowest BCUT2D eigenvalue weighted by Crippen LogP contribution is -2.29. The van der Waals surface area contributed by atoms with Gasteiger partial charge in [-0.2, -0.15) is 0 Å². The summed E-state index contributed by atoms with van der Waals surface area (Å²) in [5.74, 6) is 0. The Hall–Kier alpha value is -1.20. The lowest BCUT2D eigenvalue weighted by atomic mass is 10.4. The van der Waals surface area contributed by atoms with Crippen LogP contribution in [0.5, 0.6) is 0 Å². The first kappa shape index (κ1) is 12.9. The van der Waals surface area contributed by atoms with Gasteiger partial charge >= 0.3 is 0 Å². The van der Waals surface area contributed by atoms with E-state index in [0.29, 0.717) is 5.11 Å². The Balaban J connectivity index is 2.12. The highest BCUT2D eigenvalue weighted by Crippen LogP contribution is 2.01. The number of hydrogen-bond acceptors (Lipinski definition) is 3. The Morgan fingerprint density at radius 1 is 1.56 bits per heavy atom. The predicted molar refractivity (Wildman–Crippen MR) is 69.6 cm³/mol. The van der Waals surface area contributed by atoms with E-state index in [1.54, 1.807) is 12.4 Å². The van der Waals surface area contributed by atoms with E-state index in [4.69, 9.17) is 17.0 Å². The molecule has 0 bridgehead atoms. The summed E-state index contributed by atoms with van der Waals surface area (Å²) in [5.41, 5.74) is 0.893. The van der Waals surface area contributed by atoms with Crippen LogP contribution >= 0.6 is 12.2 Å². The SMILES string of the molecule is CCOCCCNC(=S)Nc1cccnc1. The van der Waals surface area contributed by atoms with E-state index in [2.05, 4.69) is 15.6 Å². The summed E-state index contributed by atoms with van der Waals surface area (Å²) in [6.07, 6.45) is 4.40. The molecule has 2 N–H and O–H groups in total. The standard InChI is InChI=1S/C11H17N3OS/c1-2-15-8-4-7-13-11(16)14-10-5-3-6-12-9-10/h3,5-6,9H,2,4,7-8H2,1H3,(H2,13,14,16). The molecule has 16 heavy (non-hydrogen) atoms. The third-order valence-electron chi connectivity index (χ3n) is 1.87. The fourth-order valence-corrected chi connectivity index (χ4v) is 1.35. The Kier molecular flexibility index (Phi) is 6.44. The maximum Gasteiger partial charge on any atom is 0.170 e. The number of aromatic nitrogens is 1. The van der Waals surface area contributed by atoms with Gasteiger partial charge in [-0.1, -0.05) is 0 Å². The molecule has 4 nitrogen and oxygen atoms in total. The molecule has 0 saturated heterocycles. The summed E-state index contributed by atoms with van der Waals surface area (Å²) < 4.78 is 5.22. The molecule has 0 radical (unpaired) electrons. The Bertz CT molecular complexity index is 305. The second kappa shape index (κ2) is 8.01. The molecule has 88 valence electrons. The van der Waals surface area contributed by atoms with Gasteiger partial charge in [0.05, 0.1) is 11.9 Å². The van der Waals surface area contributed by atoms with Crippen molar-refractivity contribution in [2.75, 3.05) is 25.1 Å². The monoisotopic (exact) mass is 239 g/mol. The maximum atomic E-state index is 5.22. The third-order valence-corrected chi connectivity index (χ3v) is 2.12. The molecule has 0 unspecified atom stereocenters. The third kappa shape index (κ3) is 5.63. The highest BCUT2D eigenvalue weighted by atomic mass is 32.1. The van der Waals surface area contributed by atoms with Gasteiger partial charge in [-0.05, 0) is 37.7 Å². The molecular weight excluding hydrogens is 222 g/mol. The first-order valence-corrected chi connectivity index (χ1v) is 5.76. The van der Waals surface area contributed by atoms with Crippen molar-refractivity contribution in [2.24, 2.45) is 0 Å². The van der Waals surface area contributed by atoms with Crippen LogP contribution in [0.15, 0.2) is 24.5 Å². The molecule has 0 aliphatic heterocycles. The van der Waals surface area contributed by atoms with Crippen LogP contribution in [0.4, 0.5) is 5.69 Å². The predicted octanol–water partition coefficient (Wildman–Crippen LogP) is 1.79. The van der Waals surface area contributed by atoms with E-state index < -0.39 is 0 Å². The number of ether oxygens (including phenoxy) is 1. The molecule has 0 saturated carbocycles. The normalized spacial score (nSPS) is 9.81. The minimum atomic E-state index is 0.615. The molecule has 0 aliphatic carbocycles. The van der Waals surface area contributed by atoms with Crippen molar-refractivity contribution >= 4 is 23.0 Å². The van der Waals surface area contributed by atoms with Gasteiger partial charge in [-0.25, -0.2) is 0 Å². The Labute approximate surface area is 101 Å². The van der Waals surface area contributed by atoms with Crippen LogP contribution in [0.25, 0.3) is 0 Å². The average Bonchev–Trinajstić information content (AvgIpc) is 2.30. The number of rotatable bonds is 6. The summed E-state index contributed by atoms with van der Waals surface area (Å²) in [6.45, 7) is 4.32. The average molecular weight is 239 g/mol. The molecule has 0 atom stereocenters. The van der Waals surface area contributed by atoms with Crippen molar-refractivity contribution in [3.8, 4) is 0 Å². The van der Waals surface area contributed by atoms with Gasteiger partial charge < -0.3 is 15.4 Å². The van der Waals surface area contributed by atoms with Crippen LogP contribution in [0.3, 0.4) is 0 Å². The van der Waals surface area contributed by atoms with Crippen molar-refractivity contribution in [2.45, 2.75) is 13.3 Å². The highest BCUT2D eigenvalue weighted by molar-refractivity contribution is 7.80. The minimum Gasteiger partial charge on any atom is -0.382 e. The van der Waals surface area contributed by atoms with E-state index in [1.165, 1.54) is 0 Å². The van der Waals surface area contributed by atoms with E-state index in [1.807, 2.05) is 19.1 Å². The summed E-state index contributed by atoms with van der Waals surface area (Å²) in [7, 11) is 0. The molecule has 1 rings (SSSR count). The zero-order chi connectivity index (χ0) is 11.6. The van der Waals surface area contributed by atoms with Crippen LogP contribution in [-0.2, 0) is 4.74 Å². The van der Waals surface area contributed by atoms with Gasteiger partial charge in [-0.3, -0.25) is 4.98 Å². The summed E-state index contributed by atoms with van der Waals surface area (Å²) in [4.78, 5) is 3.99. The molecule has 1 heterocycles. The molecule has 0 fully saturated rings. The fraction of sp³-hybridized carbons (Fsp3) is 0.455. The summed E-state index contributed by atoms with van der Waals surface area (Å²) >= 11 is 5.12. The van der Waals surface area contributed by atoms with Crippen molar-refractivity contribution in [1.82, 2.24) is 10.3 Å². The largest absolute Gasteiger partial charge is 0.382 e. The van der Waals surface area contributed by atoms with Crippen LogP contribution in [0, 0.1) is 0 Å². The van der Waals surface area contributed by atoms with Crippen molar-refractivity contribution in [3.63, 3.8) is 0 Å². The number of nitrogens with zero attached hydrogens (tertiary/aromatic N) is 1. The van der Waals surface area contributed by atoms with Crippen LogP contribution < -0.4 is 10.6 Å². The van der Waals surface area contributed by atoms with Gasteiger partial charge in [0.2, 0.25) is 0 Å². The van der Waals surface area contributed by atoms with E-state index in [0.717, 1.165) is 31.9 Å². The smallest absolute Gasteiger partial charge is 0.170 e. The summed E-state index contributed by atoms with van der Waals surface area (Å²) in [6, 6.07) is 3.78. The molecule has 0 aliphatic rings. The van der Waals surface area contributed by atoms with Gasteiger partial charge in [0.15, 0.2) is 5.11 Å². The Morgan fingerprint density at radius 2 is 2.44 bits per heavy atom. The number of pyridine rings is 1. The van der Waals surface area contributed by atoms with Gasteiger partial charge in [0.25, 0.3) is 0 Å². The van der Waals surface area contributed by atoms with Gasteiger partial charge in [0, 0.05) is 26.0 Å². The molecule has 5 heteroatoms. The molecule has 0 amide bonds. The van der Waals surface area contributed by atoms with E-state index in [9.17, 15) is 0 Å². The lowest BCUT2D eigenvalue weighted by Gasteiger charge is -2.09. The van der Waals surface area contributed by atoms with Crippen molar-refractivity contribution in [3.05, 3.63) is 24.5 Å². The number of anilines is 1. The molecular formula is C11H17N3OS. The zero-order valence-electron chi connectivity index (χ0n) is 9.40. The quantitative estimate of drug-likeness (QED) is 0.585. The van der Waals surface area contributed by atoms with Crippen LogP contribution in [-0.4, -0.2) is 29.9 Å². The second-order valence-electron chi connectivity index (χ2n) is 3.17. The molecule has 1 aromatic rings. The number of hydrogen-bond donors (Lipinski definition) is 2. The zero-order valence-corrected chi connectivity index (χ0v) is 10.2. The summed E-state index contributed by atoms with van der Waals surface area (Å²) in [5, 5.41) is 6.77. The minimum absolute atomic E-state index is 0.615. The van der Waals surface area contributed by atoms with Crippen molar-refractivity contribution < 1.29 is 4.74 Å². The number of nitrogens with one attached hydrogen (secondary N) is 2. The fourth-order valence-electron chi connectivity index (χ4n) is 1.13.